The van der Waals surface area contributed by atoms with Gasteiger partial charge in [0.15, 0.2) is 0 Å². The van der Waals surface area contributed by atoms with E-state index in [-0.39, 0.29) is 13.2 Å². The maximum absolute atomic E-state index is 11.6. The fraction of sp³-hybridized carbons (Fsp3) is 0.217. The lowest BCUT2D eigenvalue weighted by Crippen LogP contribution is -2.05. The summed E-state index contributed by atoms with van der Waals surface area (Å²) < 4.78 is 10.6. The molecule has 0 aliphatic heterocycles. The molecule has 0 radical (unpaired) electrons. The number of fused-ring (bicyclic) bond motifs is 2. The molecule has 0 saturated heterocycles. The van der Waals surface area contributed by atoms with Crippen LogP contribution >= 0.6 is 0 Å². The molecule has 6 heteroatoms. The summed E-state index contributed by atoms with van der Waals surface area (Å²) in [7, 11) is 0. The number of hydrogen-bond acceptors (Lipinski definition) is 6. The summed E-state index contributed by atoms with van der Waals surface area (Å²) in [4.78, 5) is 23.2. The summed E-state index contributed by atoms with van der Waals surface area (Å²) in [5.41, 5.74) is 4.68. The van der Waals surface area contributed by atoms with Gasteiger partial charge in [-0.15, -0.1) is 0 Å². The quantitative estimate of drug-likeness (QED) is 0.518. The third-order valence-electron chi connectivity index (χ3n) is 5.50. The smallest absolute Gasteiger partial charge is 0.336 e. The maximum atomic E-state index is 11.6. The van der Waals surface area contributed by atoms with Gasteiger partial charge in [-0.3, -0.25) is 0 Å². The van der Waals surface area contributed by atoms with Crippen LogP contribution in [0.4, 0.5) is 0 Å². The fourth-order valence-electron chi connectivity index (χ4n) is 3.83. The van der Waals surface area contributed by atoms with Gasteiger partial charge in [0.05, 0.1) is 13.2 Å². The predicted octanol–water partition coefficient (Wildman–Crippen LogP) is 3.09. The zero-order chi connectivity index (χ0) is 20.7. The third-order valence-corrected chi connectivity index (χ3v) is 5.50. The Morgan fingerprint density at radius 3 is 1.52 bits per heavy atom. The summed E-state index contributed by atoms with van der Waals surface area (Å²) in [6.07, 6.45) is 0.543. The lowest BCUT2D eigenvalue weighted by molar-refractivity contribution is 0.280. The van der Waals surface area contributed by atoms with Crippen LogP contribution in [0.25, 0.3) is 21.9 Å². The molecule has 2 aromatic heterocycles. The van der Waals surface area contributed by atoms with Gasteiger partial charge in [-0.25, -0.2) is 9.59 Å². The third kappa shape index (κ3) is 3.26. The minimum Gasteiger partial charge on any atom is -0.422 e. The second-order valence-electron chi connectivity index (χ2n) is 7.12. The van der Waals surface area contributed by atoms with Gasteiger partial charge in [0.2, 0.25) is 0 Å². The summed E-state index contributed by atoms with van der Waals surface area (Å²) in [6.45, 7) is 3.28. The molecule has 148 valence electrons. The van der Waals surface area contributed by atoms with E-state index in [1.807, 2.05) is 26.0 Å². The van der Waals surface area contributed by atoms with Crippen molar-refractivity contribution in [2.24, 2.45) is 0 Å². The molecule has 0 atom stereocenters. The lowest BCUT2D eigenvalue weighted by atomic mass is 9.90. The van der Waals surface area contributed by atoms with Crippen molar-refractivity contribution >= 4 is 21.9 Å². The molecule has 0 aliphatic carbocycles. The Kier molecular flexibility index (Phi) is 4.82. The van der Waals surface area contributed by atoms with Crippen molar-refractivity contribution in [1.29, 1.82) is 0 Å². The highest BCUT2D eigenvalue weighted by molar-refractivity contribution is 5.84. The highest BCUT2D eigenvalue weighted by atomic mass is 16.4. The van der Waals surface area contributed by atoms with Crippen LogP contribution in [0, 0.1) is 13.8 Å². The van der Waals surface area contributed by atoms with Gasteiger partial charge in [0.25, 0.3) is 0 Å². The first-order chi connectivity index (χ1) is 13.9. The lowest BCUT2D eigenvalue weighted by Gasteiger charge is -2.16. The largest absolute Gasteiger partial charge is 0.422 e. The number of aliphatic hydroxyl groups is 2. The van der Waals surface area contributed by atoms with Gasteiger partial charge >= 0.3 is 11.3 Å². The fourth-order valence-corrected chi connectivity index (χ4v) is 3.83. The summed E-state index contributed by atoms with van der Waals surface area (Å²) >= 11 is 0. The first-order valence-corrected chi connectivity index (χ1v) is 9.25. The zero-order valence-electron chi connectivity index (χ0n) is 16.1. The van der Waals surface area contributed by atoms with Crippen molar-refractivity contribution in [3.8, 4) is 0 Å². The van der Waals surface area contributed by atoms with E-state index < -0.39 is 11.3 Å². The molecule has 0 bridgehead atoms. The Bertz CT molecular complexity index is 1250. The number of rotatable bonds is 4. The van der Waals surface area contributed by atoms with E-state index in [9.17, 15) is 19.8 Å². The molecular weight excluding hydrogens is 372 g/mol. The second-order valence-corrected chi connectivity index (χ2v) is 7.12. The number of aliphatic hydroxyl groups excluding tert-OH is 2. The molecule has 0 spiro atoms. The molecule has 2 heterocycles. The van der Waals surface area contributed by atoms with Crippen molar-refractivity contribution < 1.29 is 19.0 Å². The van der Waals surface area contributed by atoms with Gasteiger partial charge in [-0.2, -0.15) is 0 Å². The predicted molar refractivity (Wildman–Crippen MR) is 109 cm³/mol. The molecule has 6 nitrogen and oxygen atoms in total. The van der Waals surface area contributed by atoms with E-state index in [4.69, 9.17) is 8.83 Å². The van der Waals surface area contributed by atoms with E-state index in [0.717, 1.165) is 33.0 Å². The van der Waals surface area contributed by atoms with Crippen LogP contribution in [0.1, 0.15) is 33.4 Å². The van der Waals surface area contributed by atoms with Gasteiger partial charge in [-0.1, -0.05) is 0 Å². The van der Waals surface area contributed by atoms with E-state index in [0.29, 0.717) is 28.7 Å². The van der Waals surface area contributed by atoms with Crippen LogP contribution in [0.15, 0.2) is 54.8 Å². The average Bonchev–Trinajstić information content (AvgIpc) is 2.70. The second kappa shape index (κ2) is 7.31. The van der Waals surface area contributed by atoms with E-state index >= 15 is 0 Å². The Hall–Kier alpha value is -3.22. The molecule has 0 unspecified atom stereocenters. The topological polar surface area (TPSA) is 101 Å². The Balaban J connectivity index is 1.92. The molecule has 4 rings (SSSR count). The Morgan fingerprint density at radius 2 is 1.14 bits per heavy atom. The van der Waals surface area contributed by atoms with Crippen molar-refractivity contribution in [1.82, 2.24) is 0 Å². The van der Waals surface area contributed by atoms with Crippen LogP contribution in [0.3, 0.4) is 0 Å². The van der Waals surface area contributed by atoms with E-state index in [1.165, 1.54) is 12.1 Å². The summed E-state index contributed by atoms with van der Waals surface area (Å²) in [5.74, 6) is 0. The summed E-state index contributed by atoms with van der Waals surface area (Å²) in [6, 6.07) is 9.97. The van der Waals surface area contributed by atoms with Crippen molar-refractivity contribution in [3.05, 3.63) is 90.6 Å². The van der Waals surface area contributed by atoms with Crippen LogP contribution in [-0.2, 0) is 19.6 Å². The molecule has 2 aromatic carbocycles. The maximum Gasteiger partial charge on any atom is 0.336 e. The molecule has 0 aliphatic rings. The van der Waals surface area contributed by atoms with Crippen LogP contribution in [0.2, 0.25) is 0 Å². The number of benzene rings is 2. The standard InChI is InChI=1S/C23H20O6/c1-12-16(7-14-3-5-20(26)28-22(14)18(12)10-24)9-17-8-15-4-6-21(27)29-23(15)19(11-25)13(17)2/h3-8,24-25H,9-11H2,1-2H3. The van der Waals surface area contributed by atoms with Gasteiger partial charge in [0.1, 0.15) is 11.2 Å². The monoisotopic (exact) mass is 392 g/mol. The van der Waals surface area contributed by atoms with Gasteiger partial charge < -0.3 is 19.0 Å². The SMILES string of the molecule is Cc1c(Cc2cc3ccc(=O)oc3c(CO)c2C)cc2ccc(=O)oc2c1CO. The molecule has 0 fully saturated rings. The van der Waals surface area contributed by atoms with E-state index in [1.54, 1.807) is 12.1 Å². The van der Waals surface area contributed by atoms with Crippen LogP contribution in [0.5, 0.6) is 0 Å². The highest BCUT2D eigenvalue weighted by Crippen LogP contribution is 2.30. The molecule has 4 aromatic rings. The van der Waals surface area contributed by atoms with Crippen molar-refractivity contribution in [2.75, 3.05) is 0 Å². The molecule has 0 amide bonds. The molecular formula is C23H20O6. The van der Waals surface area contributed by atoms with Crippen molar-refractivity contribution in [2.45, 2.75) is 33.5 Å². The van der Waals surface area contributed by atoms with E-state index in [2.05, 4.69) is 0 Å². The van der Waals surface area contributed by atoms with Crippen LogP contribution in [-0.4, -0.2) is 10.2 Å². The Morgan fingerprint density at radius 1 is 0.724 bits per heavy atom. The number of hydrogen-bond donors (Lipinski definition) is 2. The molecule has 2 N–H and O–H groups in total. The first kappa shape index (κ1) is 19.1. The minimum atomic E-state index is -0.459. The Labute approximate surface area is 165 Å². The van der Waals surface area contributed by atoms with Crippen molar-refractivity contribution in [3.63, 3.8) is 0 Å². The van der Waals surface area contributed by atoms with Crippen LogP contribution < -0.4 is 11.3 Å². The summed E-state index contributed by atoms with van der Waals surface area (Å²) in [5, 5.41) is 21.2. The van der Waals surface area contributed by atoms with Gasteiger partial charge in [-0.05, 0) is 66.8 Å². The normalized spacial score (nSPS) is 11.4. The molecule has 29 heavy (non-hydrogen) atoms. The molecule has 0 saturated carbocycles. The zero-order valence-corrected chi connectivity index (χ0v) is 16.1. The minimum absolute atomic E-state index is 0.243. The average molecular weight is 392 g/mol. The van der Waals surface area contributed by atoms with Gasteiger partial charge in [0, 0.05) is 34.0 Å². The highest BCUT2D eigenvalue weighted by Gasteiger charge is 2.16. The first-order valence-electron chi connectivity index (χ1n) is 9.25.